The third-order valence-corrected chi connectivity index (χ3v) is 5.39. The first kappa shape index (κ1) is 15.0. The highest BCUT2D eigenvalue weighted by atomic mass is 32.1. The van der Waals surface area contributed by atoms with Crippen LogP contribution in [0.25, 0.3) is 10.2 Å². The number of aromatic amines is 1. The number of fused-ring (bicyclic) bond motifs is 3. The molecule has 0 atom stereocenters. The SMILES string of the molecule is O=C(CCn1cnc2sc3c(c2c1=O)CCCC3)Nc1ncn[nH]1. The highest BCUT2D eigenvalue weighted by Gasteiger charge is 2.20. The van der Waals surface area contributed by atoms with Crippen molar-refractivity contribution in [3.8, 4) is 0 Å². The number of carbonyl (C=O) groups excluding carboxylic acids is 1. The fourth-order valence-corrected chi connectivity index (χ4v) is 4.24. The first-order valence-corrected chi connectivity index (χ1v) is 8.69. The van der Waals surface area contributed by atoms with Gasteiger partial charge in [-0.15, -0.1) is 11.3 Å². The molecule has 0 aromatic carbocycles. The fraction of sp³-hybridized carbons (Fsp3) is 0.400. The van der Waals surface area contributed by atoms with Gasteiger partial charge in [-0.05, 0) is 31.2 Å². The Labute approximate surface area is 140 Å². The highest BCUT2D eigenvalue weighted by Crippen LogP contribution is 2.33. The van der Waals surface area contributed by atoms with E-state index in [1.807, 2.05) is 0 Å². The molecule has 3 aromatic heterocycles. The first-order valence-electron chi connectivity index (χ1n) is 7.87. The zero-order valence-electron chi connectivity index (χ0n) is 12.9. The quantitative estimate of drug-likeness (QED) is 0.746. The van der Waals surface area contributed by atoms with E-state index in [1.165, 1.54) is 34.1 Å². The number of rotatable bonds is 4. The predicted octanol–water partition coefficient (Wildman–Crippen LogP) is 1.48. The van der Waals surface area contributed by atoms with Crippen molar-refractivity contribution in [1.29, 1.82) is 0 Å². The lowest BCUT2D eigenvalue weighted by Gasteiger charge is -2.10. The summed E-state index contributed by atoms with van der Waals surface area (Å²) in [6.45, 7) is 0.284. The molecule has 24 heavy (non-hydrogen) atoms. The molecule has 0 saturated heterocycles. The summed E-state index contributed by atoms with van der Waals surface area (Å²) < 4.78 is 1.52. The average Bonchev–Trinajstić information content (AvgIpc) is 3.21. The van der Waals surface area contributed by atoms with E-state index in [0.29, 0.717) is 5.95 Å². The average molecular weight is 344 g/mol. The summed E-state index contributed by atoms with van der Waals surface area (Å²) in [5.74, 6) is 0.0684. The summed E-state index contributed by atoms with van der Waals surface area (Å²) in [5.41, 5.74) is 1.12. The molecule has 0 fully saturated rings. The van der Waals surface area contributed by atoms with Gasteiger partial charge in [-0.3, -0.25) is 19.5 Å². The van der Waals surface area contributed by atoms with Gasteiger partial charge in [-0.1, -0.05) is 0 Å². The third-order valence-electron chi connectivity index (χ3n) is 4.19. The summed E-state index contributed by atoms with van der Waals surface area (Å²) in [6, 6.07) is 0. The Balaban J connectivity index is 1.55. The van der Waals surface area contributed by atoms with E-state index in [-0.39, 0.29) is 24.4 Å². The molecular weight excluding hydrogens is 328 g/mol. The van der Waals surface area contributed by atoms with Crippen LogP contribution in [-0.4, -0.2) is 30.6 Å². The summed E-state index contributed by atoms with van der Waals surface area (Å²) in [6.07, 6.45) is 7.30. The van der Waals surface area contributed by atoms with Crippen LogP contribution in [0.2, 0.25) is 0 Å². The van der Waals surface area contributed by atoms with Crippen molar-refractivity contribution in [2.45, 2.75) is 38.6 Å². The minimum absolute atomic E-state index is 0.0492. The lowest BCUT2D eigenvalue weighted by Crippen LogP contribution is -2.24. The number of amides is 1. The molecule has 9 heteroatoms. The second-order valence-electron chi connectivity index (χ2n) is 5.77. The molecule has 4 rings (SSSR count). The molecule has 0 spiro atoms. The summed E-state index contributed by atoms with van der Waals surface area (Å²) >= 11 is 1.63. The van der Waals surface area contributed by atoms with E-state index in [9.17, 15) is 9.59 Å². The van der Waals surface area contributed by atoms with Crippen LogP contribution in [0.15, 0.2) is 17.4 Å². The maximum Gasteiger partial charge on any atom is 0.262 e. The van der Waals surface area contributed by atoms with E-state index >= 15 is 0 Å². The minimum Gasteiger partial charge on any atom is -0.298 e. The number of H-pyrrole nitrogens is 1. The van der Waals surface area contributed by atoms with Gasteiger partial charge in [-0.25, -0.2) is 10.1 Å². The van der Waals surface area contributed by atoms with E-state index in [0.717, 1.165) is 29.5 Å². The van der Waals surface area contributed by atoms with Crippen molar-refractivity contribution in [2.24, 2.45) is 0 Å². The molecule has 1 amide bonds. The summed E-state index contributed by atoms with van der Waals surface area (Å²) in [7, 11) is 0. The number of aromatic nitrogens is 5. The zero-order valence-corrected chi connectivity index (χ0v) is 13.7. The van der Waals surface area contributed by atoms with Crippen molar-refractivity contribution in [3.63, 3.8) is 0 Å². The molecule has 3 heterocycles. The fourth-order valence-electron chi connectivity index (χ4n) is 3.02. The van der Waals surface area contributed by atoms with Crippen molar-refractivity contribution in [2.75, 3.05) is 5.32 Å². The molecular formula is C15H16N6O2S. The number of anilines is 1. The van der Waals surface area contributed by atoms with Gasteiger partial charge in [0.2, 0.25) is 11.9 Å². The Morgan fingerprint density at radius 2 is 2.21 bits per heavy atom. The molecule has 3 aromatic rings. The van der Waals surface area contributed by atoms with Gasteiger partial charge >= 0.3 is 0 Å². The van der Waals surface area contributed by atoms with E-state index in [1.54, 1.807) is 11.3 Å². The second kappa shape index (κ2) is 6.16. The van der Waals surface area contributed by atoms with Crippen molar-refractivity contribution in [1.82, 2.24) is 24.7 Å². The van der Waals surface area contributed by atoms with Crippen LogP contribution >= 0.6 is 11.3 Å². The van der Waals surface area contributed by atoms with Crippen molar-refractivity contribution >= 4 is 33.4 Å². The maximum atomic E-state index is 12.8. The zero-order chi connectivity index (χ0) is 16.5. The van der Waals surface area contributed by atoms with Gasteiger partial charge in [0.05, 0.1) is 11.7 Å². The molecule has 1 aliphatic rings. The van der Waals surface area contributed by atoms with Crippen molar-refractivity contribution < 1.29 is 4.79 Å². The molecule has 8 nitrogen and oxygen atoms in total. The number of aryl methyl sites for hydroxylation is 3. The largest absolute Gasteiger partial charge is 0.298 e. The highest BCUT2D eigenvalue weighted by molar-refractivity contribution is 7.18. The Morgan fingerprint density at radius 1 is 1.33 bits per heavy atom. The van der Waals surface area contributed by atoms with Crippen LogP contribution in [0.1, 0.15) is 29.7 Å². The Kier molecular flexibility index (Phi) is 3.85. The summed E-state index contributed by atoms with van der Waals surface area (Å²) in [5, 5.41) is 9.56. The normalized spacial score (nSPS) is 13.8. The predicted molar refractivity (Wildman–Crippen MR) is 90.2 cm³/mol. The van der Waals surface area contributed by atoms with Crippen LogP contribution in [0.4, 0.5) is 5.95 Å². The van der Waals surface area contributed by atoms with Crippen LogP contribution in [0.5, 0.6) is 0 Å². The molecule has 0 radical (unpaired) electrons. The number of hydrogen-bond donors (Lipinski definition) is 2. The number of nitrogens with one attached hydrogen (secondary N) is 2. The van der Waals surface area contributed by atoms with Gasteiger partial charge in [0.1, 0.15) is 11.2 Å². The van der Waals surface area contributed by atoms with Crippen LogP contribution in [0.3, 0.4) is 0 Å². The standard InChI is InChI=1S/C15H16N6O2S/c22-11(19-15-16-7-18-20-15)5-6-21-8-17-13-12(14(21)23)9-3-1-2-4-10(9)24-13/h7-8H,1-6H2,(H2,16,18,19,20,22). The van der Waals surface area contributed by atoms with Crippen molar-refractivity contribution in [3.05, 3.63) is 33.4 Å². The van der Waals surface area contributed by atoms with Crippen LogP contribution in [0, 0.1) is 0 Å². The molecule has 0 bridgehead atoms. The van der Waals surface area contributed by atoms with E-state index < -0.39 is 0 Å². The van der Waals surface area contributed by atoms with E-state index in [4.69, 9.17) is 0 Å². The molecule has 1 aliphatic carbocycles. The van der Waals surface area contributed by atoms with Crippen LogP contribution < -0.4 is 10.9 Å². The number of hydrogen-bond acceptors (Lipinski definition) is 6. The Bertz CT molecular complexity index is 943. The topological polar surface area (TPSA) is 106 Å². The Hall–Kier alpha value is -2.55. The van der Waals surface area contributed by atoms with Gasteiger partial charge in [0.15, 0.2) is 0 Å². The van der Waals surface area contributed by atoms with Crippen LogP contribution in [-0.2, 0) is 24.2 Å². The maximum absolute atomic E-state index is 12.8. The molecule has 0 aliphatic heterocycles. The van der Waals surface area contributed by atoms with Gasteiger partial charge in [-0.2, -0.15) is 10.1 Å². The van der Waals surface area contributed by atoms with Gasteiger partial charge in [0.25, 0.3) is 5.56 Å². The van der Waals surface area contributed by atoms with Gasteiger partial charge in [0, 0.05) is 17.8 Å². The monoisotopic (exact) mass is 344 g/mol. The van der Waals surface area contributed by atoms with Gasteiger partial charge < -0.3 is 0 Å². The lowest BCUT2D eigenvalue weighted by molar-refractivity contribution is -0.116. The molecule has 124 valence electrons. The number of nitrogens with zero attached hydrogens (tertiary/aromatic N) is 4. The van der Waals surface area contributed by atoms with E-state index in [2.05, 4.69) is 25.5 Å². The lowest BCUT2D eigenvalue weighted by atomic mass is 9.97. The number of carbonyl (C=O) groups is 1. The molecule has 0 saturated carbocycles. The smallest absolute Gasteiger partial charge is 0.262 e. The number of thiophene rings is 1. The first-order chi connectivity index (χ1) is 11.7. The Morgan fingerprint density at radius 3 is 3.04 bits per heavy atom. The minimum atomic E-state index is -0.230. The molecule has 0 unspecified atom stereocenters. The summed E-state index contributed by atoms with van der Waals surface area (Å²) in [4.78, 5) is 35.0. The molecule has 2 N–H and O–H groups in total. The third kappa shape index (κ3) is 2.71. The second-order valence-corrected chi connectivity index (χ2v) is 6.85.